The number of nitrogens with zero attached hydrogens (tertiary/aromatic N) is 1. The molecule has 0 unspecified atom stereocenters. The van der Waals surface area contributed by atoms with Gasteiger partial charge in [-0.05, 0) is 46.6 Å². The van der Waals surface area contributed by atoms with Gasteiger partial charge in [0.25, 0.3) is 10.0 Å². The van der Waals surface area contributed by atoms with Crippen molar-refractivity contribution in [1.82, 2.24) is 4.98 Å². The molecular formula is C12H11BrClN3O2S. The molecule has 0 aliphatic heterocycles. The Balaban J connectivity index is 2.38. The summed E-state index contributed by atoms with van der Waals surface area (Å²) in [6.45, 7) is 1.91. The number of aromatic nitrogens is 1. The van der Waals surface area contributed by atoms with Crippen molar-refractivity contribution in [3.8, 4) is 0 Å². The molecule has 0 fully saturated rings. The minimum absolute atomic E-state index is 0.0517. The third-order valence-corrected chi connectivity index (χ3v) is 4.82. The lowest BCUT2D eigenvalue weighted by Crippen LogP contribution is -2.14. The monoisotopic (exact) mass is 375 g/mol. The Morgan fingerprint density at radius 1 is 1.35 bits per heavy atom. The van der Waals surface area contributed by atoms with E-state index in [1.165, 1.54) is 6.07 Å². The fourth-order valence-corrected chi connectivity index (χ4v) is 3.49. The van der Waals surface area contributed by atoms with Gasteiger partial charge in [0, 0.05) is 10.7 Å². The third kappa shape index (κ3) is 3.23. The highest BCUT2D eigenvalue weighted by atomic mass is 79.9. The smallest absolute Gasteiger partial charge is 0.263 e. The molecule has 0 aliphatic rings. The van der Waals surface area contributed by atoms with Crippen LogP contribution in [0.2, 0.25) is 5.02 Å². The molecular weight excluding hydrogens is 366 g/mol. The van der Waals surface area contributed by atoms with Crippen molar-refractivity contribution in [3.63, 3.8) is 0 Å². The molecule has 2 aromatic rings. The number of rotatable bonds is 3. The molecule has 0 saturated heterocycles. The molecule has 8 heteroatoms. The third-order valence-electron chi connectivity index (χ3n) is 2.52. The average molecular weight is 377 g/mol. The van der Waals surface area contributed by atoms with Crippen LogP contribution < -0.4 is 10.5 Å². The first kappa shape index (κ1) is 15.1. The van der Waals surface area contributed by atoms with Crippen LogP contribution in [0.5, 0.6) is 0 Å². The lowest BCUT2D eigenvalue weighted by molar-refractivity contribution is 0.601. The number of pyridine rings is 1. The second-order valence-electron chi connectivity index (χ2n) is 4.13. The highest BCUT2D eigenvalue weighted by Crippen LogP contribution is 2.27. The number of sulfonamides is 1. The minimum atomic E-state index is -3.77. The summed E-state index contributed by atoms with van der Waals surface area (Å²) in [4.78, 5) is 3.69. The molecule has 1 heterocycles. The van der Waals surface area contributed by atoms with Gasteiger partial charge in [-0.25, -0.2) is 13.4 Å². The topological polar surface area (TPSA) is 85.1 Å². The van der Waals surface area contributed by atoms with Gasteiger partial charge in [-0.3, -0.25) is 4.72 Å². The molecule has 0 amide bonds. The lowest BCUT2D eigenvalue weighted by atomic mass is 10.2. The van der Waals surface area contributed by atoms with Crippen molar-refractivity contribution < 1.29 is 8.42 Å². The van der Waals surface area contributed by atoms with E-state index in [0.717, 1.165) is 11.8 Å². The summed E-state index contributed by atoms with van der Waals surface area (Å²) in [5.41, 5.74) is 6.90. The Hall–Kier alpha value is -1.31. The van der Waals surface area contributed by atoms with E-state index in [1.807, 2.05) is 13.0 Å². The summed E-state index contributed by atoms with van der Waals surface area (Å²) >= 11 is 9.10. The highest BCUT2D eigenvalue weighted by Gasteiger charge is 2.17. The first-order valence-corrected chi connectivity index (χ1v) is 8.15. The molecule has 3 N–H and O–H groups in total. The first-order chi connectivity index (χ1) is 9.29. The molecule has 5 nitrogen and oxygen atoms in total. The van der Waals surface area contributed by atoms with E-state index < -0.39 is 10.0 Å². The van der Waals surface area contributed by atoms with E-state index in [9.17, 15) is 8.42 Å². The summed E-state index contributed by atoms with van der Waals surface area (Å²) in [5, 5.41) is 0.0934. The van der Waals surface area contributed by atoms with E-state index in [1.54, 1.807) is 12.1 Å². The lowest BCUT2D eigenvalue weighted by Gasteiger charge is -2.10. The maximum atomic E-state index is 12.2. The standard InChI is InChI=1S/C12H11BrClN3O2S/c1-7-2-3-11(9(13)4-7)17-20(18,19)8-5-10(14)12(15)16-6-8/h2-6,17H,1H3,(H2,15,16). The van der Waals surface area contributed by atoms with Crippen LogP contribution in [0.1, 0.15) is 5.56 Å². The SMILES string of the molecule is Cc1ccc(NS(=O)(=O)c2cnc(N)c(Cl)c2)c(Br)c1. The van der Waals surface area contributed by atoms with Gasteiger partial charge < -0.3 is 5.73 Å². The van der Waals surface area contributed by atoms with Gasteiger partial charge in [0.15, 0.2) is 0 Å². The number of anilines is 2. The fourth-order valence-electron chi connectivity index (χ4n) is 1.48. The maximum absolute atomic E-state index is 12.2. The van der Waals surface area contributed by atoms with Crippen molar-refractivity contribution in [2.45, 2.75) is 11.8 Å². The van der Waals surface area contributed by atoms with Crippen molar-refractivity contribution >= 4 is 49.1 Å². The molecule has 0 atom stereocenters. The molecule has 0 bridgehead atoms. The van der Waals surface area contributed by atoms with E-state index in [2.05, 4.69) is 25.6 Å². The molecule has 106 valence electrons. The van der Waals surface area contributed by atoms with Crippen LogP contribution in [-0.2, 0) is 10.0 Å². The summed E-state index contributed by atoms with van der Waals surface area (Å²) in [6, 6.07) is 6.54. The molecule has 20 heavy (non-hydrogen) atoms. The van der Waals surface area contributed by atoms with Crippen LogP contribution in [0.25, 0.3) is 0 Å². The van der Waals surface area contributed by atoms with Gasteiger partial charge in [0.05, 0.1) is 10.7 Å². The number of nitrogen functional groups attached to an aromatic ring is 1. The van der Waals surface area contributed by atoms with E-state index in [4.69, 9.17) is 17.3 Å². The molecule has 0 saturated carbocycles. The van der Waals surface area contributed by atoms with Crippen LogP contribution in [0.15, 0.2) is 39.8 Å². The predicted octanol–water partition coefficient (Wildman–Crippen LogP) is 3.19. The molecule has 1 aromatic heterocycles. The number of benzene rings is 1. The van der Waals surface area contributed by atoms with Crippen LogP contribution >= 0.6 is 27.5 Å². The van der Waals surface area contributed by atoms with Gasteiger partial charge >= 0.3 is 0 Å². The van der Waals surface area contributed by atoms with Gasteiger partial charge in [0.2, 0.25) is 0 Å². The quantitative estimate of drug-likeness (QED) is 0.861. The molecule has 2 rings (SSSR count). The van der Waals surface area contributed by atoms with E-state index in [-0.39, 0.29) is 15.7 Å². The van der Waals surface area contributed by atoms with Crippen molar-refractivity contribution in [2.24, 2.45) is 0 Å². The van der Waals surface area contributed by atoms with E-state index >= 15 is 0 Å². The molecule has 0 spiro atoms. The normalized spacial score (nSPS) is 11.3. The number of hydrogen-bond donors (Lipinski definition) is 2. The zero-order valence-electron chi connectivity index (χ0n) is 10.4. The Kier molecular flexibility index (Phi) is 4.22. The highest BCUT2D eigenvalue weighted by molar-refractivity contribution is 9.10. The second kappa shape index (κ2) is 5.59. The second-order valence-corrected chi connectivity index (χ2v) is 7.07. The average Bonchev–Trinajstić information content (AvgIpc) is 2.36. The van der Waals surface area contributed by atoms with Crippen LogP contribution in [0.4, 0.5) is 11.5 Å². The largest absolute Gasteiger partial charge is 0.382 e. The Labute approximate surface area is 130 Å². The van der Waals surface area contributed by atoms with Crippen molar-refractivity contribution in [3.05, 3.63) is 45.5 Å². The fraction of sp³-hybridized carbons (Fsp3) is 0.0833. The minimum Gasteiger partial charge on any atom is -0.382 e. The molecule has 0 aliphatic carbocycles. The Morgan fingerprint density at radius 3 is 2.65 bits per heavy atom. The van der Waals surface area contributed by atoms with Crippen molar-refractivity contribution in [1.29, 1.82) is 0 Å². The number of nitrogens with two attached hydrogens (primary N) is 1. The zero-order valence-corrected chi connectivity index (χ0v) is 13.6. The number of hydrogen-bond acceptors (Lipinski definition) is 4. The number of aryl methyl sites for hydroxylation is 1. The van der Waals surface area contributed by atoms with E-state index in [0.29, 0.717) is 10.2 Å². The number of halogens is 2. The molecule has 1 aromatic carbocycles. The van der Waals surface area contributed by atoms with Crippen LogP contribution in [0.3, 0.4) is 0 Å². The van der Waals surface area contributed by atoms with Crippen molar-refractivity contribution in [2.75, 3.05) is 10.5 Å². The summed E-state index contributed by atoms with van der Waals surface area (Å²) in [7, 11) is -3.77. The molecule has 0 radical (unpaired) electrons. The van der Waals surface area contributed by atoms with Gasteiger partial charge in [-0.2, -0.15) is 0 Å². The van der Waals surface area contributed by atoms with Crippen LogP contribution in [-0.4, -0.2) is 13.4 Å². The van der Waals surface area contributed by atoms with Gasteiger partial charge in [-0.15, -0.1) is 0 Å². The summed E-state index contributed by atoms with van der Waals surface area (Å²) in [6.07, 6.45) is 1.16. The first-order valence-electron chi connectivity index (χ1n) is 5.49. The van der Waals surface area contributed by atoms with Gasteiger partial charge in [0.1, 0.15) is 10.7 Å². The zero-order chi connectivity index (χ0) is 14.9. The van der Waals surface area contributed by atoms with Crippen LogP contribution in [0, 0.1) is 6.92 Å². The number of nitrogens with one attached hydrogen (secondary N) is 1. The summed E-state index contributed by atoms with van der Waals surface area (Å²) in [5.74, 6) is 0.0853. The Morgan fingerprint density at radius 2 is 2.05 bits per heavy atom. The summed E-state index contributed by atoms with van der Waals surface area (Å²) < 4.78 is 27.6. The predicted molar refractivity (Wildman–Crippen MR) is 83.3 cm³/mol. The maximum Gasteiger partial charge on any atom is 0.263 e. The van der Waals surface area contributed by atoms with Gasteiger partial charge in [-0.1, -0.05) is 17.7 Å². The Bertz CT molecular complexity index is 765.